The molecule has 2 aliphatic heterocycles. The lowest BCUT2D eigenvalue weighted by molar-refractivity contribution is 0.0957. The molecule has 0 aliphatic carbocycles. The van der Waals surface area contributed by atoms with Gasteiger partial charge in [0, 0.05) is 47.5 Å². The fraction of sp³-hybridized carbons (Fsp3) is 0.296. The molecule has 1 amide bonds. The first-order valence-electron chi connectivity index (χ1n) is 12.3. The van der Waals surface area contributed by atoms with E-state index in [0.717, 1.165) is 75.9 Å². The molecule has 2 aliphatic rings. The van der Waals surface area contributed by atoms with Gasteiger partial charge in [-0.05, 0) is 61.9 Å². The third-order valence-electron chi connectivity index (χ3n) is 7.92. The van der Waals surface area contributed by atoms with Gasteiger partial charge in [-0.3, -0.25) is 10.1 Å². The first-order chi connectivity index (χ1) is 17.6. The molecule has 9 heteroatoms. The minimum Gasteiger partial charge on any atom is -0.465 e. The Morgan fingerprint density at radius 1 is 1.08 bits per heavy atom. The molecule has 180 valence electrons. The lowest BCUT2D eigenvalue weighted by Crippen LogP contribution is -2.45. The van der Waals surface area contributed by atoms with Crippen molar-refractivity contribution in [2.75, 3.05) is 0 Å². The second kappa shape index (κ2) is 7.87. The van der Waals surface area contributed by atoms with E-state index in [1.54, 1.807) is 17.3 Å². The summed E-state index contributed by atoms with van der Waals surface area (Å²) in [6.45, 7) is 2.08. The molecule has 5 aromatic rings. The highest BCUT2D eigenvalue weighted by atomic mass is 16.4. The molecule has 2 saturated heterocycles. The van der Waals surface area contributed by atoms with Crippen LogP contribution in [-0.4, -0.2) is 58.0 Å². The number of carboxylic acid groups (broad SMARTS) is 1. The summed E-state index contributed by atoms with van der Waals surface area (Å²) in [5.41, 5.74) is 7.75. The van der Waals surface area contributed by atoms with Crippen LogP contribution in [0.25, 0.3) is 38.9 Å². The summed E-state index contributed by atoms with van der Waals surface area (Å²) in [7, 11) is 0. The van der Waals surface area contributed by atoms with E-state index in [0.29, 0.717) is 0 Å². The van der Waals surface area contributed by atoms with Crippen LogP contribution in [0.3, 0.4) is 0 Å². The molecule has 0 saturated carbocycles. The van der Waals surface area contributed by atoms with Gasteiger partial charge in [0.25, 0.3) is 0 Å². The fourth-order valence-corrected chi connectivity index (χ4v) is 6.44. The van der Waals surface area contributed by atoms with Crippen molar-refractivity contribution in [1.82, 2.24) is 34.7 Å². The van der Waals surface area contributed by atoms with E-state index in [1.165, 1.54) is 0 Å². The van der Waals surface area contributed by atoms with Crippen molar-refractivity contribution < 1.29 is 9.90 Å². The molecule has 4 aromatic heterocycles. The van der Waals surface area contributed by atoms with Crippen LogP contribution in [0, 0.1) is 6.92 Å². The van der Waals surface area contributed by atoms with Gasteiger partial charge in [-0.25, -0.2) is 14.3 Å². The summed E-state index contributed by atoms with van der Waals surface area (Å²) >= 11 is 0. The van der Waals surface area contributed by atoms with Crippen LogP contribution < -0.4 is 0 Å². The molecule has 3 atom stereocenters. The molecular weight excluding hydrogens is 454 g/mol. The highest BCUT2D eigenvalue weighted by Gasteiger charge is 2.44. The maximum absolute atomic E-state index is 11.9. The van der Waals surface area contributed by atoms with E-state index in [9.17, 15) is 9.90 Å². The smallest absolute Gasteiger partial charge is 0.407 e. The first-order valence-corrected chi connectivity index (χ1v) is 12.3. The van der Waals surface area contributed by atoms with Crippen molar-refractivity contribution in [2.24, 2.45) is 0 Å². The van der Waals surface area contributed by atoms with Crippen molar-refractivity contribution in [1.29, 1.82) is 0 Å². The molecule has 1 aromatic carbocycles. The number of rotatable bonds is 3. The monoisotopic (exact) mass is 479 g/mol. The van der Waals surface area contributed by atoms with Crippen LogP contribution in [0.5, 0.6) is 0 Å². The van der Waals surface area contributed by atoms with Crippen molar-refractivity contribution in [3.63, 3.8) is 0 Å². The Bertz CT molecular complexity index is 1610. The molecule has 7 rings (SSSR count). The number of carbonyl (C=O) groups is 1. The van der Waals surface area contributed by atoms with Crippen molar-refractivity contribution in [3.05, 3.63) is 66.4 Å². The second-order valence-electron chi connectivity index (χ2n) is 9.90. The van der Waals surface area contributed by atoms with Gasteiger partial charge < -0.3 is 10.0 Å². The third kappa shape index (κ3) is 3.05. The number of amides is 1. The number of aryl methyl sites for hydroxylation is 1. The van der Waals surface area contributed by atoms with Gasteiger partial charge in [0.05, 0.1) is 23.0 Å². The van der Waals surface area contributed by atoms with Crippen LogP contribution in [0.1, 0.15) is 42.9 Å². The van der Waals surface area contributed by atoms with Crippen LogP contribution >= 0.6 is 0 Å². The molecule has 36 heavy (non-hydrogen) atoms. The maximum Gasteiger partial charge on any atom is 0.407 e. The highest BCUT2D eigenvalue weighted by molar-refractivity contribution is 6.02. The molecule has 2 fully saturated rings. The largest absolute Gasteiger partial charge is 0.465 e. The Kier molecular flexibility index (Phi) is 4.60. The number of H-pyrrole nitrogens is 1. The Balaban J connectivity index is 1.46. The summed E-state index contributed by atoms with van der Waals surface area (Å²) in [4.78, 5) is 22.6. The lowest BCUT2D eigenvalue weighted by Gasteiger charge is -2.37. The number of piperidine rings is 1. The van der Waals surface area contributed by atoms with Crippen LogP contribution in [0.2, 0.25) is 0 Å². The molecule has 1 unspecified atom stereocenters. The molecule has 9 nitrogen and oxygen atoms in total. The maximum atomic E-state index is 11.9. The molecule has 0 radical (unpaired) electrons. The molecule has 0 spiro atoms. The minimum atomic E-state index is -0.799. The highest BCUT2D eigenvalue weighted by Crippen LogP contribution is 2.45. The molecule has 2 bridgehead atoms. The summed E-state index contributed by atoms with van der Waals surface area (Å²) in [6.07, 6.45) is 10.0. The summed E-state index contributed by atoms with van der Waals surface area (Å²) in [6, 6.07) is 10.2. The van der Waals surface area contributed by atoms with Crippen molar-refractivity contribution >= 4 is 22.6 Å². The molecule has 6 heterocycles. The van der Waals surface area contributed by atoms with Crippen LogP contribution in [0.15, 0.2) is 55.1 Å². The van der Waals surface area contributed by atoms with E-state index in [1.807, 2.05) is 41.2 Å². The fourth-order valence-electron chi connectivity index (χ4n) is 6.44. The van der Waals surface area contributed by atoms with E-state index in [-0.39, 0.29) is 18.0 Å². The predicted octanol–water partition coefficient (Wildman–Crippen LogP) is 5.03. The van der Waals surface area contributed by atoms with Gasteiger partial charge in [0.2, 0.25) is 0 Å². The van der Waals surface area contributed by atoms with Gasteiger partial charge in [-0.15, -0.1) is 0 Å². The molecular formula is C27H25N7O2. The second-order valence-corrected chi connectivity index (χ2v) is 9.90. The Morgan fingerprint density at radius 2 is 1.86 bits per heavy atom. The van der Waals surface area contributed by atoms with Crippen LogP contribution in [0.4, 0.5) is 4.79 Å². The number of pyridine rings is 1. The van der Waals surface area contributed by atoms with Crippen LogP contribution in [-0.2, 0) is 0 Å². The Hall–Kier alpha value is -4.27. The Labute approximate surface area is 206 Å². The third-order valence-corrected chi connectivity index (χ3v) is 7.92. The zero-order valence-electron chi connectivity index (χ0n) is 19.8. The topological polar surface area (TPSA) is 112 Å². The minimum absolute atomic E-state index is 0.0586. The van der Waals surface area contributed by atoms with Gasteiger partial charge in [0.1, 0.15) is 5.69 Å². The van der Waals surface area contributed by atoms with E-state index >= 15 is 0 Å². The number of hydrogen-bond acceptors (Lipinski definition) is 5. The number of nitrogens with one attached hydrogen (secondary N) is 1. The zero-order valence-corrected chi connectivity index (χ0v) is 19.8. The van der Waals surface area contributed by atoms with Crippen molar-refractivity contribution in [3.8, 4) is 22.4 Å². The quantitative estimate of drug-likeness (QED) is 0.375. The van der Waals surface area contributed by atoms with Gasteiger partial charge >= 0.3 is 6.09 Å². The normalized spacial score (nSPS) is 21.5. The number of aromatic amines is 1. The number of fused-ring (bicyclic) bond motifs is 4. The first kappa shape index (κ1) is 21.0. The van der Waals surface area contributed by atoms with E-state index in [2.05, 4.69) is 28.2 Å². The van der Waals surface area contributed by atoms with E-state index in [4.69, 9.17) is 10.1 Å². The predicted molar refractivity (Wildman–Crippen MR) is 135 cm³/mol. The number of nitrogens with zero attached hydrogens (tertiary/aromatic N) is 6. The summed E-state index contributed by atoms with van der Waals surface area (Å²) in [5, 5.41) is 23.3. The lowest BCUT2D eigenvalue weighted by atomic mass is 9.86. The van der Waals surface area contributed by atoms with Gasteiger partial charge in [-0.2, -0.15) is 10.2 Å². The van der Waals surface area contributed by atoms with Gasteiger partial charge in [-0.1, -0.05) is 12.1 Å². The number of aromatic nitrogens is 6. The average Bonchev–Trinajstić information content (AvgIpc) is 3.58. The summed E-state index contributed by atoms with van der Waals surface area (Å²) in [5.74, 6) is 0.214. The standard InChI is InChI=1S/C27H25N7O2/c1-15-13-29-26-23(20-3-2-4-22-21(20)14-30-31-22)24(16-7-9-28-10-8-16)32-34(26)25(15)17-11-18-5-6-19(12-17)33(18)27(35)36/h2-4,7-10,13-14,17-19H,5-6,11-12H2,1H3,(H,30,31)(H,35,36)/t17?,18-,19+. The number of benzene rings is 1. The van der Waals surface area contributed by atoms with E-state index < -0.39 is 6.09 Å². The summed E-state index contributed by atoms with van der Waals surface area (Å²) < 4.78 is 2.01. The zero-order chi connectivity index (χ0) is 24.4. The number of hydrogen-bond donors (Lipinski definition) is 2. The van der Waals surface area contributed by atoms with Crippen molar-refractivity contribution in [2.45, 2.75) is 50.6 Å². The Morgan fingerprint density at radius 3 is 2.61 bits per heavy atom. The van der Waals surface area contributed by atoms with Gasteiger partial charge in [0.15, 0.2) is 5.65 Å². The average molecular weight is 480 g/mol. The SMILES string of the molecule is Cc1cnc2c(-c3cccc4[nH]ncc34)c(-c3ccncc3)nn2c1C1C[C@H]2CC[C@@H](C1)N2C(=O)O. The molecule has 2 N–H and O–H groups in total.